The molecule has 6 nitrogen and oxygen atoms in total. The molecule has 0 unspecified atom stereocenters. The second-order valence-corrected chi connectivity index (χ2v) is 7.75. The van der Waals surface area contributed by atoms with E-state index in [1.54, 1.807) is 0 Å². The molecule has 0 bridgehead atoms. The number of rotatable bonds is 4. The van der Waals surface area contributed by atoms with E-state index in [9.17, 15) is 9.59 Å². The number of carbonyl (C=O) groups excluding carboxylic acids is 1. The van der Waals surface area contributed by atoms with E-state index in [0.717, 1.165) is 37.2 Å². The second kappa shape index (κ2) is 8.20. The zero-order chi connectivity index (χ0) is 18.7. The lowest BCUT2D eigenvalue weighted by molar-refractivity contribution is -0.128. The van der Waals surface area contributed by atoms with Crippen molar-refractivity contribution < 1.29 is 4.79 Å². The number of hydrogen-bond acceptors (Lipinski definition) is 5. The number of aryl methyl sites for hydroxylation is 3. The molecule has 1 amide bonds. The molecule has 140 valence electrons. The maximum absolute atomic E-state index is 12.6. The Morgan fingerprint density at radius 3 is 2.50 bits per heavy atom. The molecule has 0 N–H and O–H groups in total. The lowest BCUT2D eigenvalue weighted by atomic mass is 10.2. The topological polar surface area (TPSA) is 68.1 Å². The maximum atomic E-state index is 12.6. The Morgan fingerprint density at radius 2 is 1.85 bits per heavy atom. The average Bonchev–Trinajstić information content (AvgIpc) is 2.88. The first-order valence-electron chi connectivity index (χ1n) is 9.30. The van der Waals surface area contributed by atoms with Gasteiger partial charge >= 0.3 is 0 Å². The zero-order valence-corrected chi connectivity index (χ0v) is 16.6. The molecule has 1 saturated heterocycles. The molecule has 3 rings (SSSR count). The molecule has 1 fully saturated rings. The molecule has 1 aliphatic heterocycles. The van der Waals surface area contributed by atoms with Crippen molar-refractivity contribution in [2.45, 2.75) is 58.2 Å². The van der Waals surface area contributed by atoms with Crippen LogP contribution in [0.15, 0.2) is 16.0 Å². The van der Waals surface area contributed by atoms with Crippen LogP contribution < -0.4 is 5.56 Å². The minimum atomic E-state index is -0.264. The molecule has 26 heavy (non-hydrogen) atoms. The molecular weight excluding hydrogens is 348 g/mol. The van der Waals surface area contributed by atoms with Gasteiger partial charge in [0.05, 0.1) is 11.1 Å². The monoisotopic (exact) mass is 374 g/mol. The van der Waals surface area contributed by atoms with E-state index in [4.69, 9.17) is 0 Å². The summed E-state index contributed by atoms with van der Waals surface area (Å²) in [6.07, 6.45) is 4.55. The van der Waals surface area contributed by atoms with Crippen LogP contribution in [0.25, 0.3) is 11.0 Å². The molecule has 3 heterocycles. The van der Waals surface area contributed by atoms with Crippen LogP contribution >= 0.6 is 11.8 Å². The summed E-state index contributed by atoms with van der Waals surface area (Å²) in [6, 6.07) is 1.90. The van der Waals surface area contributed by atoms with Gasteiger partial charge in [0.15, 0.2) is 5.16 Å². The van der Waals surface area contributed by atoms with Gasteiger partial charge in [-0.1, -0.05) is 24.6 Å². The Hall–Kier alpha value is -1.89. The molecule has 0 saturated carbocycles. The van der Waals surface area contributed by atoms with Gasteiger partial charge in [-0.2, -0.15) is 4.98 Å². The van der Waals surface area contributed by atoms with Gasteiger partial charge in [-0.15, -0.1) is 0 Å². The van der Waals surface area contributed by atoms with Crippen molar-refractivity contribution in [2.75, 3.05) is 18.8 Å². The maximum Gasteiger partial charge on any atom is 0.283 e. The van der Waals surface area contributed by atoms with Crippen LogP contribution in [0.2, 0.25) is 0 Å². The molecule has 2 aromatic rings. The SMILES string of the molecule is CCn1c(SCC(=O)N2CCCCCC2)nc(=O)c2c(C)cc(C)nc21. The predicted octanol–water partition coefficient (Wildman–Crippen LogP) is 2.92. The highest BCUT2D eigenvalue weighted by Crippen LogP contribution is 2.22. The number of nitrogens with zero attached hydrogens (tertiary/aromatic N) is 4. The van der Waals surface area contributed by atoms with Crippen LogP contribution in [0.3, 0.4) is 0 Å². The first-order valence-corrected chi connectivity index (χ1v) is 10.3. The molecule has 0 aromatic carbocycles. The minimum absolute atomic E-state index is 0.127. The van der Waals surface area contributed by atoms with Crippen molar-refractivity contribution in [3.05, 3.63) is 27.7 Å². The zero-order valence-electron chi connectivity index (χ0n) is 15.7. The third-order valence-corrected chi connectivity index (χ3v) is 5.78. The first kappa shape index (κ1) is 18.9. The fourth-order valence-electron chi connectivity index (χ4n) is 3.50. The van der Waals surface area contributed by atoms with Crippen LogP contribution in [0.5, 0.6) is 0 Å². The molecule has 0 atom stereocenters. The number of carbonyl (C=O) groups is 1. The number of pyridine rings is 1. The third kappa shape index (κ3) is 3.92. The van der Waals surface area contributed by atoms with E-state index in [-0.39, 0.29) is 11.5 Å². The highest BCUT2D eigenvalue weighted by Gasteiger charge is 2.18. The Kier molecular flexibility index (Phi) is 5.96. The largest absolute Gasteiger partial charge is 0.342 e. The summed E-state index contributed by atoms with van der Waals surface area (Å²) in [4.78, 5) is 35.9. The van der Waals surface area contributed by atoms with Gasteiger partial charge < -0.3 is 9.47 Å². The van der Waals surface area contributed by atoms with Crippen molar-refractivity contribution in [1.82, 2.24) is 19.4 Å². The van der Waals surface area contributed by atoms with E-state index in [0.29, 0.717) is 28.5 Å². The quantitative estimate of drug-likeness (QED) is 0.608. The first-order chi connectivity index (χ1) is 12.5. The predicted molar refractivity (Wildman–Crippen MR) is 105 cm³/mol. The van der Waals surface area contributed by atoms with Gasteiger partial charge in [-0.25, -0.2) is 4.98 Å². The molecule has 0 radical (unpaired) electrons. The second-order valence-electron chi connectivity index (χ2n) is 6.81. The van der Waals surface area contributed by atoms with Crippen molar-refractivity contribution in [3.63, 3.8) is 0 Å². The Bertz CT molecular complexity index is 870. The van der Waals surface area contributed by atoms with Crippen molar-refractivity contribution in [1.29, 1.82) is 0 Å². The van der Waals surface area contributed by atoms with E-state index in [1.807, 2.05) is 36.3 Å². The molecule has 7 heteroatoms. The van der Waals surface area contributed by atoms with Crippen molar-refractivity contribution in [2.24, 2.45) is 0 Å². The Balaban J connectivity index is 1.88. The van der Waals surface area contributed by atoms with Gasteiger partial charge in [-0.05, 0) is 45.2 Å². The third-order valence-electron chi connectivity index (χ3n) is 4.82. The van der Waals surface area contributed by atoms with Crippen molar-refractivity contribution >= 4 is 28.7 Å². The molecular formula is C19H26N4O2S. The van der Waals surface area contributed by atoms with Crippen LogP contribution in [0, 0.1) is 13.8 Å². The smallest absolute Gasteiger partial charge is 0.283 e. The lowest BCUT2D eigenvalue weighted by Gasteiger charge is -2.20. The molecule has 1 aliphatic rings. The number of hydrogen-bond donors (Lipinski definition) is 0. The highest BCUT2D eigenvalue weighted by atomic mass is 32.2. The summed E-state index contributed by atoms with van der Waals surface area (Å²) in [6.45, 7) is 8.17. The van der Waals surface area contributed by atoms with Gasteiger partial charge in [0.25, 0.3) is 5.56 Å². The number of amides is 1. The highest BCUT2D eigenvalue weighted by molar-refractivity contribution is 7.99. The van der Waals surface area contributed by atoms with E-state index < -0.39 is 0 Å². The minimum Gasteiger partial charge on any atom is -0.342 e. The van der Waals surface area contributed by atoms with Crippen molar-refractivity contribution in [3.8, 4) is 0 Å². The molecule has 0 spiro atoms. The van der Waals surface area contributed by atoms with Gasteiger partial charge in [0.2, 0.25) is 5.91 Å². The summed E-state index contributed by atoms with van der Waals surface area (Å²) in [7, 11) is 0. The van der Waals surface area contributed by atoms with E-state index in [1.165, 1.54) is 24.6 Å². The molecule has 0 aliphatic carbocycles. The van der Waals surface area contributed by atoms with Gasteiger partial charge in [-0.3, -0.25) is 9.59 Å². The van der Waals surface area contributed by atoms with Crippen LogP contribution in [-0.4, -0.2) is 44.2 Å². The van der Waals surface area contributed by atoms with Crippen LogP contribution in [-0.2, 0) is 11.3 Å². The van der Waals surface area contributed by atoms with Crippen LogP contribution in [0.4, 0.5) is 0 Å². The van der Waals surface area contributed by atoms with E-state index >= 15 is 0 Å². The lowest BCUT2D eigenvalue weighted by Crippen LogP contribution is -2.33. The van der Waals surface area contributed by atoms with Crippen LogP contribution in [0.1, 0.15) is 43.9 Å². The Labute approximate surface area is 158 Å². The van der Waals surface area contributed by atoms with Gasteiger partial charge in [0, 0.05) is 25.3 Å². The summed E-state index contributed by atoms with van der Waals surface area (Å²) in [5.74, 6) is 0.435. The normalized spacial score (nSPS) is 15.3. The summed E-state index contributed by atoms with van der Waals surface area (Å²) in [5.41, 5.74) is 2.16. The number of thioether (sulfide) groups is 1. The number of likely N-dealkylation sites (tertiary alicyclic amines) is 1. The summed E-state index contributed by atoms with van der Waals surface area (Å²) in [5, 5.41) is 1.14. The standard InChI is InChI=1S/C19H26N4O2S/c1-4-23-17-16(13(2)11-14(3)20-17)18(25)21-19(23)26-12-15(24)22-9-7-5-6-8-10-22/h11H,4-10,12H2,1-3H3. The number of aromatic nitrogens is 3. The Morgan fingerprint density at radius 1 is 1.15 bits per heavy atom. The van der Waals surface area contributed by atoms with Gasteiger partial charge in [0.1, 0.15) is 5.65 Å². The average molecular weight is 375 g/mol. The van der Waals surface area contributed by atoms with E-state index in [2.05, 4.69) is 9.97 Å². The number of fused-ring (bicyclic) bond motifs is 1. The summed E-state index contributed by atoms with van der Waals surface area (Å²) >= 11 is 1.34. The fraction of sp³-hybridized carbons (Fsp3) is 0.579. The molecule has 2 aromatic heterocycles. The summed E-state index contributed by atoms with van der Waals surface area (Å²) < 4.78 is 1.94. The fourth-order valence-corrected chi connectivity index (χ4v) is 4.46.